The molecule has 0 saturated carbocycles. The highest BCUT2D eigenvalue weighted by atomic mass is 35.5. The molecule has 25 heavy (non-hydrogen) atoms. The molecule has 2 aromatic rings. The highest BCUT2D eigenvalue weighted by Crippen LogP contribution is 2.40. The molecule has 0 radical (unpaired) electrons. The van der Waals surface area contributed by atoms with Crippen molar-refractivity contribution in [2.45, 2.75) is 18.6 Å². The third kappa shape index (κ3) is 3.27. The molecular weight excluding hydrogens is 363 g/mol. The molecule has 2 aromatic carbocycles. The Hall–Kier alpha value is -1.95. The molecule has 0 aliphatic carbocycles. The highest BCUT2D eigenvalue weighted by molar-refractivity contribution is 6.35. The van der Waals surface area contributed by atoms with Gasteiger partial charge >= 0.3 is 0 Å². The monoisotopic (exact) mass is 380 g/mol. The van der Waals surface area contributed by atoms with Crippen LogP contribution in [0.4, 0.5) is 0 Å². The number of benzene rings is 2. The molecule has 3 rings (SSSR count). The van der Waals surface area contributed by atoms with Gasteiger partial charge in [0.15, 0.2) is 11.5 Å². The summed E-state index contributed by atoms with van der Waals surface area (Å²) in [6.45, 7) is 0.399. The van der Waals surface area contributed by atoms with Gasteiger partial charge in [0.2, 0.25) is 5.91 Å². The van der Waals surface area contributed by atoms with Gasteiger partial charge in [0, 0.05) is 16.6 Å². The molecular formula is C18H18Cl2N2O3. The van der Waals surface area contributed by atoms with E-state index in [1.807, 2.05) is 24.3 Å². The molecule has 0 unspecified atom stereocenters. The number of rotatable bonds is 5. The summed E-state index contributed by atoms with van der Waals surface area (Å²) >= 11 is 12.2. The average molecular weight is 381 g/mol. The van der Waals surface area contributed by atoms with Crippen molar-refractivity contribution >= 4 is 29.1 Å². The van der Waals surface area contributed by atoms with Gasteiger partial charge < -0.3 is 20.1 Å². The Balaban J connectivity index is 1.87. The van der Waals surface area contributed by atoms with Crippen LogP contribution in [0.1, 0.15) is 17.2 Å². The first-order valence-corrected chi connectivity index (χ1v) is 8.43. The van der Waals surface area contributed by atoms with Crippen LogP contribution in [-0.4, -0.2) is 31.1 Å². The first-order chi connectivity index (χ1) is 12.0. The van der Waals surface area contributed by atoms with E-state index in [9.17, 15) is 4.79 Å². The summed E-state index contributed by atoms with van der Waals surface area (Å²) in [4.78, 5) is 14.0. The number of carbonyl (C=O) groups excluding carboxylic acids is 1. The lowest BCUT2D eigenvalue weighted by Gasteiger charge is -2.46. The van der Waals surface area contributed by atoms with E-state index in [1.54, 1.807) is 31.3 Å². The number of nitrogens with two attached hydrogens (primary N) is 1. The minimum Gasteiger partial charge on any atom is -0.493 e. The second-order valence-corrected chi connectivity index (χ2v) is 6.64. The first kappa shape index (κ1) is 17.9. The summed E-state index contributed by atoms with van der Waals surface area (Å²) < 4.78 is 10.5. The Labute approximate surface area is 156 Å². The van der Waals surface area contributed by atoms with Crippen LogP contribution in [0, 0.1) is 0 Å². The zero-order valence-electron chi connectivity index (χ0n) is 13.8. The van der Waals surface area contributed by atoms with E-state index in [2.05, 4.69) is 0 Å². The molecule has 0 bridgehead atoms. The van der Waals surface area contributed by atoms with Crippen LogP contribution in [0.15, 0.2) is 36.4 Å². The summed E-state index contributed by atoms with van der Waals surface area (Å²) in [6.07, 6.45) is 0. The van der Waals surface area contributed by atoms with Crippen LogP contribution in [0.25, 0.3) is 0 Å². The van der Waals surface area contributed by atoms with Gasteiger partial charge in [-0.25, -0.2) is 0 Å². The van der Waals surface area contributed by atoms with Crippen LogP contribution in [0.3, 0.4) is 0 Å². The van der Waals surface area contributed by atoms with E-state index in [4.69, 9.17) is 38.4 Å². The summed E-state index contributed by atoms with van der Waals surface area (Å²) in [6, 6.07) is 9.85. The molecule has 132 valence electrons. The number of carbonyl (C=O) groups is 1. The fraction of sp³-hybridized carbons (Fsp3) is 0.278. The predicted octanol–water partition coefficient (Wildman–Crippen LogP) is 3.42. The lowest BCUT2D eigenvalue weighted by molar-refractivity contribution is -0.150. The van der Waals surface area contributed by atoms with Crippen molar-refractivity contribution < 1.29 is 14.3 Å². The third-order valence-corrected chi connectivity index (χ3v) is 4.89. The van der Waals surface area contributed by atoms with E-state index >= 15 is 0 Å². The zero-order valence-corrected chi connectivity index (χ0v) is 15.3. The van der Waals surface area contributed by atoms with Gasteiger partial charge in [-0.1, -0.05) is 35.3 Å². The maximum absolute atomic E-state index is 12.3. The van der Waals surface area contributed by atoms with Gasteiger partial charge in [-0.15, -0.1) is 0 Å². The molecule has 1 amide bonds. The van der Waals surface area contributed by atoms with Crippen molar-refractivity contribution in [1.82, 2.24) is 4.90 Å². The van der Waals surface area contributed by atoms with Gasteiger partial charge in [0.25, 0.3) is 0 Å². The number of hydrogen-bond acceptors (Lipinski definition) is 4. The number of likely N-dealkylation sites (tertiary alicyclic amines) is 1. The molecule has 1 saturated heterocycles. The second-order valence-electron chi connectivity index (χ2n) is 5.79. The van der Waals surface area contributed by atoms with Crippen LogP contribution in [0.2, 0.25) is 10.0 Å². The summed E-state index contributed by atoms with van der Waals surface area (Å²) in [7, 11) is 3.15. The van der Waals surface area contributed by atoms with Gasteiger partial charge in [0.05, 0.1) is 20.3 Å². The number of β-lactam (4-membered cyclic amide) rings is 1. The normalized spacial score (nSPS) is 19.6. The number of nitrogens with zero attached hydrogens (tertiary/aromatic N) is 1. The molecule has 2 atom stereocenters. The molecule has 0 aromatic heterocycles. The molecule has 1 fully saturated rings. The van der Waals surface area contributed by atoms with E-state index in [0.717, 1.165) is 11.1 Å². The van der Waals surface area contributed by atoms with Crippen molar-refractivity contribution in [3.05, 3.63) is 57.6 Å². The smallest absolute Gasteiger partial charge is 0.242 e. The Kier molecular flexibility index (Phi) is 5.08. The number of hydrogen-bond donors (Lipinski definition) is 1. The summed E-state index contributed by atoms with van der Waals surface area (Å²) in [5.74, 6) is 1.12. The minimum absolute atomic E-state index is 0.120. The lowest BCUT2D eigenvalue weighted by Crippen LogP contribution is -2.62. The van der Waals surface area contributed by atoms with E-state index in [0.29, 0.717) is 28.1 Å². The molecule has 2 N–H and O–H groups in total. The standard InChI is InChI=1S/C18H18Cl2N2O3/c1-24-14-6-3-10(7-15(14)25-2)9-22-17(16(21)18(22)23)12-5-4-11(19)8-13(12)20/h3-8,16-17H,9,21H2,1-2H3/t16-,17-/m0/s1. The molecule has 1 aliphatic rings. The van der Waals surface area contributed by atoms with Crippen LogP contribution < -0.4 is 15.2 Å². The fourth-order valence-electron chi connectivity index (χ4n) is 3.03. The van der Waals surface area contributed by atoms with Crippen LogP contribution in [-0.2, 0) is 11.3 Å². The summed E-state index contributed by atoms with van der Waals surface area (Å²) in [5.41, 5.74) is 7.72. The largest absolute Gasteiger partial charge is 0.493 e. The van der Waals surface area contributed by atoms with Crippen molar-refractivity contribution in [2.24, 2.45) is 5.73 Å². The highest BCUT2D eigenvalue weighted by Gasteiger charge is 2.46. The molecule has 5 nitrogen and oxygen atoms in total. The van der Waals surface area contributed by atoms with Crippen molar-refractivity contribution in [1.29, 1.82) is 0 Å². The quantitative estimate of drug-likeness (QED) is 0.807. The molecule has 1 heterocycles. The van der Waals surface area contributed by atoms with E-state index < -0.39 is 6.04 Å². The number of ether oxygens (including phenoxy) is 2. The zero-order chi connectivity index (χ0) is 18.1. The van der Waals surface area contributed by atoms with Crippen molar-refractivity contribution in [3.8, 4) is 11.5 Å². The average Bonchev–Trinajstić information content (AvgIpc) is 2.62. The van der Waals surface area contributed by atoms with Crippen LogP contribution in [0.5, 0.6) is 11.5 Å². The number of halogens is 2. The number of amides is 1. The fourth-order valence-corrected chi connectivity index (χ4v) is 3.55. The van der Waals surface area contributed by atoms with E-state index in [1.165, 1.54) is 0 Å². The predicted molar refractivity (Wildman–Crippen MR) is 97.3 cm³/mol. The van der Waals surface area contributed by atoms with E-state index in [-0.39, 0.29) is 11.9 Å². The Bertz CT molecular complexity index is 813. The van der Waals surface area contributed by atoms with Crippen LogP contribution >= 0.6 is 23.2 Å². The van der Waals surface area contributed by atoms with Crippen molar-refractivity contribution in [2.75, 3.05) is 14.2 Å². The van der Waals surface area contributed by atoms with Gasteiger partial charge in [-0.05, 0) is 35.4 Å². The maximum Gasteiger partial charge on any atom is 0.242 e. The Morgan fingerprint density at radius 2 is 1.80 bits per heavy atom. The van der Waals surface area contributed by atoms with Gasteiger partial charge in [0.1, 0.15) is 6.04 Å². The lowest BCUT2D eigenvalue weighted by atomic mass is 9.88. The van der Waals surface area contributed by atoms with Gasteiger partial charge in [-0.2, -0.15) is 0 Å². The summed E-state index contributed by atoms with van der Waals surface area (Å²) in [5, 5.41) is 1.04. The Morgan fingerprint density at radius 1 is 1.08 bits per heavy atom. The van der Waals surface area contributed by atoms with Gasteiger partial charge in [-0.3, -0.25) is 4.79 Å². The maximum atomic E-state index is 12.3. The second kappa shape index (κ2) is 7.12. The molecule has 0 spiro atoms. The first-order valence-electron chi connectivity index (χ1n) is 7.68. The number of methoxy groups -OCH3 is 2. The minimum atomic E-state index is -0.612. The SMILES string of the molecule is COc1ccc(CN2C(=O)[C@@H](N)[C@@H]2c2ccc(Cl)cc2Cl)cc1OC. The topological polar surface area (TPSA) is 64.8 Å². The third-order valence-electron chi connectivity index (χ3n) is 4.33. The molecule has 1 aliphatic heterocycles. The van der Waals surface area contributed by atoms with Crippen molar-refractivity contribution in [3.63, 3.8) is 0 Å². The molecule has 7 heteroatoms. The Morgan fingerprint density at radius 3 is 2.44 bits per heavy atom.